The fourth-order valence-corrected chi connectivity index (χ4v) is 3.46. The van der Waals surface area contributed by atoms with Crippen molar-refractivity contribution < 1.29 is 18.1 Å². The molecule has 0 spiro atoms. The van der Waals surface area contributed by atoms with E-state index in [-0.39, 0.29) is 29.2 Å². The van der Waals surface area contributed by atoms with Crippen LogP contribution in [0, 0.1) is 17.0 Å². The quantitative estimate of drug-likeness (QED) is 0.566. The van der Waals surface area contributed by atoms with Crippen molar-refractivity contribution in [2.75, 3.05) is 6.54 Å². The van der Waals surface area contributed by atoms with Crippen LogP contribution in [0.25, 0.3) is 0 Å². The number of nitro groups is 1. The largest absolute Gasteiger partial charge is 0.348 e. The van der Waals surface area contributed by atoms with E-state index in [2.05, 4.69) is 10.0 Å². The summed E-state index contributed by atoms with van der Waals surface area (Å²) >= 11 is 0. The molecule has 0 fully saturated rings. The molecule has 8 nitrogen and oxygen atoms in total. The standard InChI is InChI=1S/C17H19N3O5S/c1-3-19-26(24,25)14-9-8-12(2)15(10-14)17(21)18-11-13-6-4-5-7-16(13)20(22)23/h4-10,19H,3,11H2,1-2H3,(H,18,21). The number of carbonyl (C=O) groups excluding carboxylic acids is 1. The molecule has 0 aliphatic carbocycles. The van der Waals surface area contributed by atoms with Gasteiger partial charge in [-0.05, 0) is 24.6 Å². The topological polar surface area (TPSA) is 118 Å². The summed E-state index contributed by atoms with van der Waals surface area (Å²) in [7, 11) is -3.69. The van der Waals surface area contributed by atoms with Crippen molar-refractivity contribution in [3.63, 3.8) is 0 Å². The second kappa shape index (κ2) is 8.07. The minimum Gasteiger partial charge on any atom is -0.348 e. The molecule has 0 aromatic heterocycles. The Balaban J connectivity index is 2.24. The van der Waals surface area contributed by atoms with Gasteiger partial charge in [0.2, 0.25) is 10.0 Å². The summed E-state index contributed by atoms with van der Waals surface area (Å²) in [4.78, 5) is 23.0. The van der Waals surface area contributed by atoms with E-state index in [9.17, 15) is 23.3 Å². The van der Waals surface area contributed by atoms with Crippen molar-refractivity contribution >= 4 is 21.6 Å². The fourth-order valence-electron chi connectivity index (χ4n) is 2.40. The Labute approximate surface area is 151 Å². The lowest BCUT2D eigenvalue weighted by atomic mass is 10.1. The summed E-state index contributed by atoms with van der Waals surface area (Å²) in [5.41, 5.74) is 1.07. The van der Waals surface area contributed by atoms with Crippen LogP contribution in [0.2, 0.25) is 0 Å². The molecule has 0 atom stereocenters. The molecule has 0 bridgehead atoms. The third-order valence-electron chi connectivity index (χ3n) is 3.73. The van der Waals surface area contributed by atoms with E-state index in [4.69, 9.17) is 0 Å². The first-order chi connectivity index (χ1) is 12.3. The summed E-state index contributed by atoms with van der Waals surface area (Å²) in [5.74, 6) is -0.505. The molecule has 0 aliphatic heterocycles. The molecule has 138 valence electrons. The molecule has 0 heterocycles. The van der Waals surface area contributed by atoms with Crippen molar-refractivity contribution in [2.45, 2.75) is 25.3 Å². The van der Waals surface area contributed by atoms with E-state index < -0.39 is 20.9 Å². The van der Waals surface area contributed by atoms with E-state index in [1.165, 1.54) is 18.2 Å². The first-order valence-corrected chi connectivity index (χ1v) is 9.35. The molecule has 0 aliphatic rings. The van der Waals surface area contributed by atoms with Crippen LogP contribution >= 0.6 is 0 Å². The Morgan fingerprint density at radius 3 is 2.54 bits per heavy atom. The molecule has 0 saturated carbocycles. The van der Waals surface area contributed by atoms with Gasteiger partial charge in [-0.15, -0.1) is 0 Å². The zero-order chi connectivity index (χ0) is 19.3. The Hall–Kier alpha value is -2.78. The fraction of sp³-hybridized carbons (Fsp3) is 0.235. The highest BCUT2D eigenvalue weighted by molar-refractivity contribution is 7.89. The van der Waals surface area contributed by atoms with Gasteiger partial charge in [0.25, 0.3) is 11.6 Å². The molecule has 0 saturated heterocycles. The maximum absolute atomic E-state index is 12.5. The zero-order valence-electron chi connectivity index (χ0n) is 14.4. The van der Waals surface area contributed by atoms with E-state index in [1.54, 1.807) is 38.1 Å². The number of rotatable bonds is 7. The van der Waals surface area contributed by atoms with Gasteiger partial charge in [-0.1, -0.05) is 31.2 Å². The number of nitro benzene ring substituents is 1. The van der Waals surface area contributed by atoms with Gasteiger partial charge in [0.15, 0.2) is 0 Å². The van der Waals surface area contributed by atoms with Gasteiger partial charge in [-0.3, -0.25) is 14.9 Å². The van der Waals surface area contributed by atoms with Crippen molar-refractivity contribution in [2.24, 2.45) is 0 Å². The highest BCUT2D eigenvalue weighted by Crippen LogP contribution is 2.19. The number of carbonyl (C=O) groups is 1. The predicted molar refractivity (Wildman–Crippen MR) is 96.3 cm³/mol. The Bertz CT molecular complexity index is 941. The van der Waals surface area contributed by atoms with Crippen molar-refractivity contribution in [1.29, 1.82) is 0 Å². The second-order valence-corrected chi connectivity index (χ2v) is 7.31. The third kappa shape index (κ3) is 4.44. The number of hydrogen-bond acceptors (Lipinski definition) is 5. The summed E-state index contributed by atoms with van der Waals surface area (Å²) in [6.45, 7) is 3.53. The average molecular weight is 377 g/mol. The summed E-state index contributed by atoms with van der Waals surface area (Å²) in [6, 6.07) is 10.4. The molecular weight excluding hydrogens is 358 g/mol. The molecule has 0 unspecified atom stereocenters. The number of hydrogen-bond donors (Lipinski definition) is 2. The number of sulfonamides is 1. The van der Waals surface area contributed by atoms with Crippen LogP contribution in [0.5, 0.6) is 0 Å². The molecule has 2 rings (SSSR count). The minimum absolute atomic E-state index is 0.0132. The van der Waals surface area contributed by atoms with E-state index >= 15 is 0 Å². The molecule has 1 amide bonds. The van der Waals surface area contributed by atoms with E-state index in [1.807, 2.05) is 0 Å². The van der Waals surface area contributed by atoms with Crippen LogP contribution in [0.3, 0.4) is 0 Å². The SMILES string of the molecule is CCNS(=O)(=O)c1ccc(C)c(C(=O)NCc2ccccc2[N+](=O)[O-])c1. The smallest absolute Gasteiger partial charge is 0.274 e. The normalized spacial score (nSPS) is 11.2. The number of aryl methyl sites for hydroxylation is 1. The van der Waals surface area contributed by atoms with E-state index in [0.717, 1.165) is 0 Å². The Morgan fingerprint density at radius 2 is 1.88 bits per heavy atom. The molecule has 0 radical (unpaired) electrons. The molecule has 2 N–H and O–H groups in total. The van der Waals surface area contributed by atoms with Gasteiger partial charge >= 0.3 is 0 Å². The molecule has 9 heteroatoms. The summed E-state index contributed by atoms with van der Waals surface area (Å²) < 4.78 is 26.6. The molecule has 2 aromatic rings. The Kier molecular flexibility index (Phi) is 6.06. The second-order valence-electron chi connectivity index (χ2n) is 5.55. The van der Waals surface area contributed by atoms with Crippen molar-refractivity contribution in [3.8, 4) is 0 Å². The highest BCUT2D eigenvalue weighted by atomic mass is 32.2. The average Bonchev–Trinajstić information content (AvgIpc) is 2.60. The van der Waals surface area contributed by atoms with Gasteiger partial charge in [-0.2, -0.15) is 0 Å². The number of nitrogens with zero attached hydrogens (tertiary/aromatic N) is 1. The zero-order valence-corrected chi connectivity index (χ0v) is 15.2. The first kappa shape index (κ1) is 19.5. The lowest BCUT2D eigenvalue weighted by molar-refractivity contribution is -0.385. The molecular formula is C17H19N3O5S. The number of nitrogens with one attached hydrogen (secondary N) is 2. The number of amides is 1. The number of benzene rings is 2. The van der Waals surface area contributed by atoms with Crippen molar-refractivity contribution in [3.05, 3.63) is 69.3 Å². The van der Waals surface area contributed by atoms with Crippen LogP contribution in [-0.4, -0.2) is 25.8 Å². The van der Waals surface area contributed by atoms with Gasteiger partial charge in [-0.25, -0.2) is 13.1 Å². The van der Waals surface area contributed by atoms with Gasteiger partial charge < -0.3 is 5.32 Å². The van der Waals surface area contributed by atoms with E-state index in [0.29, 0.717) is 11.1 Å². The maximum Gasteiger partial charge on any atom is 0.274 e. The van der Waals surface area contributed by atoms with Crippen LogP contribution in [-0.2, 0) is 16.6 Å². The van der Waals surface area contributed by atoms with Crippen LogP contribution in [0.15, 0.2) is 47.4 Å². The minimum atomic E-state index is -3.69. The van der Waals surface area contributed by atoms with Crippen LogP contribution < -0.4 is 10.0 Å². The van der Waals surface area contributed by atoms with Gasteiger partial charge in [0.1, 0.15) is 0 Å². The van der Waals surface area contributed by atoms with Gasteiger partial charge in [0, 0.05) is 30.3 Å². The maximum atomic E-state index is 12.5. The first-order valence-electron chi connectivity index (χ1n) is 7.87. The highest BCUT2D eigenvalue weighted by Gasteiger charge is 2.18. The molecule has 26 heavy (non-hydrogen) atoms. The lowest BCUT2D eigenvalue weighted by Crippen LogP contribution is -2.26. The monoisotopic (exact) mass is 377 g/mol. The van der Waals surface area contributed by atoms with Crippen LogP contribution in [0.1, 0.15) is 28.4 Å². The predicted octanol–water partition coefficient (Wildman–Crippen LogP) is 2.13. The van der Waals surface area contributed by atoms with Crippen LogP contribution in [0.4, 0.5) is 5.69 Å². The Morgan fingerprint density at radius 1 is 1.19 bits per heavy atom. The van der Waals surface area contributed by atoms with Crippen molar-refractivity contribution in [1.82, 2.24) is 10.0 Å². The number of para-hydroxylation sites is 1. The lowest BCUT2D eigenvalue weighted by Gasteiger charge is -2.11. The summed E-state index contributed by atoms with van der Waals surface area (Å²) in [6.07, 6.45) is 0. The van der Waals surface area contributed by atoms with Gasteiger partial charge in [0.05, 0.1) is 9.82 Å². The summed E-state index contributed by atoms with van der Waals surface area (Å²) in [5, 5.41) is 13.6. The third-order valence-corrected chi connectivity index (χ3v) is 5.27. The molecule has 2 aromatic carbocycles.